The molecule has 0 N–H and O–H groups in total. The predicted octanol–water partition coefficient (Wildman–Crippen LogP) is 14.2. The molecule has 0 saturated heterocycles. The second-order valence-corrected chi connectivity index (χ2v) is 29.6. The van der Waals surface area contributed by atoms with Gasteiger partial charge in [0, 0.05) is 13.1 Å². The van der Waals surface area contributed by atoms with Crippen LogP contribution < -0.4 is 9.13 Å². The van der Waals surface area contributed by atoms with E-state index in [-0.39, 0.29) is 5.41 Å². The Labute approximate surface area is 343 Å². The summed E-state index contributed by atoms with van der Waals surface area (Å²) in [6.07, 6.45) is 14.8. The molecule has 0 aliphatic heterocycles. The van der Waals surface area contributed by atoms with Crippen molar-refractivity contribution in [3.8, 4) is 39.7 Å². The molecule has 9 rings (SSSR count). The van der Waals surface area contributed by atoms with Crippen LogP contribution in [-0.2, 0) is 5.41 Å². The average molecular weight is 814 g/mol. The van der Waals surface area contributed by atoms with E-state index in [1.165, 1.54) is 71.4 Å². The van der Waals surface area contributed by atoms with Gasteiger partial charge in [0.2, 0.25) is 0 Å². The van der Waals surface area contributed by atoms with Gasteiger partial charge in [-0.1, -0.05) is 52.2 Å². The first-order valence-electron chi connectivity index (χ1n) is 21.7. The van der Waals surface area contributed by atoms with E-state index in [9.17, 15) is 1.37 Å². The molecule has 0 atom stereocenters. The molecule has 3 aromatic heterocycles. The minimum Gasteiger partial charge on any atom is -0.0533 e. The average Bonchev–Trinajstić information content (AvgIpc) is 3.55. The van der Waals surface area contributed by atoms with Gasteiger partial charge in [-0.25, -0.2) is 0 Å². The van der Waals surface area contributed by atoms with Gasteiger partial charge in [0.25, 0.3) is 0 Å². The molecule has 2 aliphatic carbocycles. The minimum absolute atomic E-state index is 0.0181. The molecule has 4 aromatic carbocycles. The normalized spacial score (nSPS) is 17.2. The van der Waals surface area contributed by atoms with Crippen LogP contribution >= 0.6 is 0 Å². The molecule has 2 fully saturated rings. The molecule has 5 heteroatoms. The van der Waals surface area contributed by atoms with Gasteiger partial charge in [0.15, 0.2) is 0 Å². The zero-order valence-electron chi connectivity index (χ0n) is 35.7. The van der Waals surface area contributed by atoms with E-state index >= 15 is 0 Å². The Hall–Kier alpha value is -4.68. The minimum atomic E-state index is -1.92. The Balaban J connectivity index is 1.05. The van der Waals surface area contributed by atoms with Crippen LogP contribution in [0.1, 0.15) is 97.0 Å². The van der Waals surface area contributed by atoms with Crippen LogP contribution in [-0.4, -0.2) is 27.8 Å². The monoisotopic (exact) mass is 814 g/mol. The summed E-state index contributed by atoms with van der Waals surface area (Å²) in [6.45, 7) is 6.74. The SMILES string of the molecule is [2H]C1(c2ccnc(-c3cccc(Oc4ccc5c6cc(-c7cc[c]([Ge]([CH3])([CH3])[CH3])cc7)ccc6n(-c6cc(C(C)(C)C)ccn6)c5c4)c3)c2)CCC2(CCCCC2)CC1. The first-order chi connectivity index (χ1) is 27.8. The van der Waals surface area contributed by atoms with Crippen LogP contribution in [0, 0.1) is 5.41 Å². The number of aromatic nitrogens is 3. The van der Waals surface area contributed by atoms with Crippen molar-refractivity contribution in [2.45, 2.75) is 107 Å². The number of ether oxygens (including phenoxy) is 1. The number of nitrogens with zero attached hydrogens (tertiary/aromatic N) is 3. The van der Waals surface area contributed by atoms with Gasteiger partial charge in [-0.15, -0.1) is 0 Å². The largest absolute Gasteiger partial charge is 0.0533 e. The second-order valence-electron chi connectivity index (χ2n) is 19.0. The fraction of sp³-hybridized carbons (Fsp3) is 0.346. The maximum atomic E-state index is 9.57. The first-order valence-corrected chi connectivity index (χ1v) is 28.5. The molecule has 0 bridgehead atoms. The molecule has 0 radical (unpaired) electrons. The third kappa shape index (κ3) is 7.70. The Morgan fingerprint density at radius 1 is 0.667 bits per heavy atom. The number of hydrogen-bond donors (Lipinski definition) is 0. The number of pyridine rings is 2. The van der Waals surface area contributed by atoms with E-state index in [0.717, 1.165) is 63.4 Å². The standard InChI is InChI=1S/C52H57GeN3O/c1-51(2,3)41-24-30-55-50(34-41)56-48-20-15-38(36-13-16-42(17-14-36)53(4,5)6)32-46(48)45-19-18-44(35-49(45)56)57-43-12-10-11-40(31-43)47-33-39(23-29-54-47)37-21-27-52(28-22-37)25-8-7-9-26-52/h10-20,23-24,29-35,37H,7-9,21-22,25-28H2,1-6H3/i37D. The quantitative estimate of drug-likeness (QED) is 0.151. The third-order valence-electron chi connectivity index (χ3n) is 13.0. The maximum absolute atomic E-state index is 9.57. The maximum Gasteiger partial charge on any atom is -0.00988 e. The van der Waals surface area contributed by atoms with Gasteiger partial charge >= 0.3 is 172 Å². The summed E-state index contributed by atoms with van der Waals surface area (Å²) in [7, 11) is 0. The van der Waals surface area contributed by atoms with E-state index < -0.39 is 19.2 Å². The van der Waals surface area contributed by atoms with Crippen LogP contribution in [0.15, 0.2) is 122 Å². The molecule has 0 amide bonds. The van der Waals surface area contributed by atoms with Crippen molar-refractivity contribution in [3.63, 3.8) is 0 Å². The van der Waals surface area contributed by atoms with Crippen LogP contribution in [0.5, 0.6) is 11.5 Å². The Morgan fingerprint density at radius 3 is 2.16 bits per heavy atom. The fourth-order valence-electron chi connectivity index (χ4n) is 9.50. The summed E-state index contributed by atoms with van der Waals surface area (Å²) < 4.78 is 20.1. The van der Waals surface area contributed by atoms with Crippen molar-refractivity contribution < 1.29 is 6.11 Å². The van der Waals surface area contributed by atoms with Crippen molar-refractivity contribution in [2.24, 2.45) is 5.41 Å². The van der Waals surface area contributed by atoms with Crippen molar-refractivity contribution >= 4 is 39.5 Å². The van der Waals surface area contributed by atoms with Crippen LogP contribution in [0.3, 0.4) is 0 Å². The van der Waals surface area contributed by atoms with Crippen molar-refractivity contribution in [3.05, 3.63) is 133 Å². The predicted molar refractivity (Wildman–Crippen MR) is 242 cm³/mol. The van der Waals surface area contributed by atoms with Gasteiger partial charge in [0.1, 0.15) is 5.75 Å². The van der Waals surface area contributed by atoms with Crippen molar-refractivity contribution in [1.82, 2.24) is 14.5 Å². The summed E-state index contributed by atoms with van der Waals surface area (Å²) in [5, 5.41) is 2.34. The van der Waals surface area contributed by atoms with Gasteiger partial charge in [-0.3, -0.25) is 4.98 Å². The van der Waals surface area contributed by atoms with E-state index in [4.69, 9.17) is 14.7 Å². The van der Waals surface area contributed by atoms with E-state index in [1.54, 1.807) is 0 Å². The van der Waals surface area contributed by atoms with Gasteiger partial charge in [0.05, 0.1) is 5.69 Å². The van der Waals surface area contributed by atoms with E-state index in [1.807, 2.05) is 24.5 Å². The topological polar surface area (TPSA) is 39.9 Å². The zero-order chi connectivity index (χ0) is 40.3. The molecular formula is C52H57GeN3O. The van der Waals surface area contributed by atoms with Crippen molar-refractivity contribution in [1.29, 1.82) is 0 Å². The molecule has 4 nitrogen and oxygen atoms in total. The van der Waals surface area contributed by atoms with Crippen molar-refractivity contribution in [2.75, 3.05) is 0 Å². The molecule has 3 heterocycles. The fourth-order valence-corrected chi connectivity index (χ4v) is 11.9. The van der Waals surface area contributed by atoms with Crippen LogP contribution in [0.2, 0.25) is 17.3 Å². The Bertz CT molecular complexity index is 2610. The van der Waals surface area contributed by atoms with Crippen LogP contribution in [0.4, 0.5) is 0 Å². The second kappa shape index (κ2) is 14.9. The molecule has 2 saturated carbocycles. The summed E-state index contributed by atoms with van der Waals surface area (Å²) in [5.74, 6) is 9.18. The van der Waals surface area contributed by atoms with Gasteiger partial charge < -0.3 is 0 Å². The van der Waals surface area contributed by atoms with Gasteiger partial charge in [-0.2, -0.15) is 0 Å². The smallest absolute Gasteiger partial charge is 0.00988 e. The van der Waals surface area contributed by atoms with Gasteiger partial charge in [-0.05, 0) is 91.1 Å². The summed E-state index contributed by atoms with van der Waals surface area (Å²) in [6, 6.07) is 39.3. The summed E-state index contributed by atoms with van der Waals surface area (Å²) >= 11 is -1.92. The molecule has 7 aromatic rings. The molecule has 0 unspecified atom stereocenters. The molecule has 290 valence electrons. The summed E-state index contributed by atoms with van der Waals surface area (Å²) in [4.78, 5) is 9.74. The first kappa shape index (κ1) is 36.6. The molecule has 1 spiro atoms. The number of hydrogen-bond acceptors (Lipinski definition) is 3. The Kier molecular flexibility index (Phi) is 9.60. The van der Waals surface area contributed by atoms with E-state index in [2.05, 4.69) is 140 Å². The number of fused-ring (bicyclic) bond motifs is 3. The number of benzene rings is 4. The van der Waals surface area contributed by atoms with E-state index in [0.29, 0.717) is 5.41 Å². The summed E-state index contributed by atoms with van der Waals surface area (Å²) in [5.41, 5.74) is 9.27. The number of rotatable bonds is 7. The zero-order valence-corrected chi connectivity index (χ0v) is 36.8. The Morgan fingerprint density at radius 2 is 1.40 bits per heavy atom. The third-order valence-corrected chi connectivity index (χ3v) is 17.4. The molecule has 57 heavy (non-hydrogen) atoms. The molecule has 2 aliphatic rings. The molecular weight excluding hydrogens is 755 g/mol. The van der Waals surface area contributed by atoms with Crippen LogP contribution in [0.25, 0.3) is 50.0 Å².